The first-order valence-electron chi connectivity index (χ1n) is 5.01. The molecule has 0 unspecified atom stereocenters. The maximum absolute atomic E-state index is 11.3. The summed E-state index contributed by atoms with van der Waals surface area (Å²) in [5.74, 6) is 0.270. The highest BCUT2D eigenvalue weighted by Gasteiger charge is 2.09. The van der Waals surface area contributed by atoms with Gasteiger partial charge in [0, 0.05) is 27.4 Å². The molecule has 0 aromatic rings. The van der Waals surface area contributed by atoms with Crippen molar-refractivity contribution in [2.24, 2.45) is 0 Å². The molecule has 0 aliphatic rings. The van der Waals surface area contributed by atoms with Crippen molar-refractivity contribution in [3.05, 3.63) is 0 Å². The van der Waals surface area contributed by atoms with Gasteiger partial charge in [-0.1, -0.05) is 0 Å². The first-order valence-corrected chi connectivity index (χ1v) is 6.83. The minimum atomic E-state index is -2.96. The first kappa shape index (κ1) is 14.8. The van der Waals surface area contributed by atoms with Gasteiger partial charge in [-0.3, -0.25) is 0 Å². The monoisotopic (exact) mass is 239 g/mol. The second-order valence-corrected chi connectivity index (χ2v) is 5.54. The van der Waals surface area contributed by atoms with Crippen molar-refractivity contribution in [1.29, 1.82) is 0 Å². The smallest absolute Gasteiger partial charge is 0.153 e. The van der Waals surface area contributed by atoms with Gasteiger partial charge in [0.15, 0.2) is 9.84 Å². The summed E-state index contributed by atoms with van der Waals surface area (Å²) in [6, 6.07) is 0. The van der Waals surface area contributed by atoms with Crippen molar-refractivity contribution in [2.45, 2.75) is 6.42 Å². The van der Waals surface area contributed by atoms with Gasteiger partial charge >= 0.3 is 0 Å². The Morgan fingerprint density at radius 3 is 2.27 bits per heavy atom. The summed E-state index contributed by atoms with van der Waals surface area (Å²) < 4.78 is 32.3. The lowest BCUT2D eigenvalue weighted by molar-refractivity contribution is 0.194. The average molecular weight is 239 g/mol. The summed E-state index contributed by atoms with van der Waals surface area (Å²) in [6.45, 7) is 2.25. The highest BCUT2D eigenvalue weighted by molar-refractivity contribution is 7.91. The zero-order valence-corrected chi connectivity index (χ0v) is 10.3. The van der Waals surface area contributed by atoms with Crippen LogP contribution in [0.1, 0.15) is 6.42 Å². The zero-order valence-electron chi connectivity index (χ0n) is 9.49. The average Bonchev–Trinajstić information content (AvgIpc) is 2.20. The van der Waals surface area contributed by atoms with Gasteiger partial charge in [0.25, 0.3) is 0 Å². The van der Waals surface area contributed by atoms with Gasteiger partial charge in [0.1, 0.15) is 0 Å². The number of rotatable bonds is 10. The third-order valence-corrected chi connectivity index (χ3v) is 3.51. The van der Waals surface area contributed by atoms with Crippen LogP contribution in [0.3, 0.4) is 0 Å². The lowest BCUT2D eigenvalue weighted by Gasteiger charge is -2.05. The molecule has 0 aromatic heterocycles. The number of nitrogens with one attached hydrogen (secondary N) is 1. The van der Waals surface area contributed by atoms with Crippen LogP contribution in [0.4, 0.5) is 0 Å². The molecule has 0 saturated heterocycles. The number of methoxy groups -OCH3 is 2. The van der Waals surface area contributed by atoms with Crippen molar-refractivity contribution < 1.29 is 17.9 Å². The topological polar surface area (TPSA) is 64.6 Å². The summed E-state index contributed by atoms with van der Waals surface area (Å²) in [4.78, 5) is 0. The Bertz CT molecular complexity index is 228. The Morgan fingerprint density at radius 1 is 1.00 bits per heavy atom. The third-order valence-electron chi connectivity index (χ3n) is 1.89. The largest absolute Gasteiger partial charge is 0.385 e. The van der Waals surface area contributed by atoms with E-state index in [0.717, 1.165) is 13.0 Å². The molecule has 15 heavy (non-hydrogen) atoms. The van der Waals surface area contributed by atoms with Gasteiger partial charge in [0.05, 0.1) is 18.1 Å². The fourth-order valence-electron chi connectivity index (χ4n) is 1.01. The van der Waals surface area contributed by atoms with E-state index < -0.39 is 9.84 Å². The minimum Gasteiger partial charge on any atom is -0.385 e. The molecular formula is C9H21NO4S. The predicted octanol–water partition coefficient (Wildman–Crippen LogP) is -0.326. The predicted molar refractivity (Wildman–Crippen MR) is 59.9 cm³/mol. The van der Waals surface area contributed by atoms with Gasteiger partial charge in [-0.2, -0.15) is 0 Å². The Kier molecular flexibility index (Phi) is 8.98. The Morgan fingerprint density at radius 2 is 1.67 bits per heavy atom. The summed E-state index contributed by atoms with van der Waals surface area (Å²) in [6.07, 6.45) is 0.897. The molecule has 0 heterocycles. The van der Waals surface area contributed by atoms with Crippen LogP contribution >= 0.6 is 0 Å². The second-order valence-electron chi connectivity index (χ2n) is 3.24. The van der Waals surface area contributed by atoms with Crippen molar-refractivity contribution in [3.63, 3.8) is 0 Å². The highest BCUT2D eigenvalue weighted by atomic mass is 32.2. The van der Waals surface area contributed by atoms with E-state index >= 15 is 0 Å². The lowest BCUT2D eigenvalue weighted by atomic mass is 10.4. The van der Waals surface area contributed by atoms with E-state index in [1.54, 1.807) is 7.11 Å². The van der Waals surface area contributed by atoms with Crippen LogP contribution < -0.4 is 5.32 Å². The van der Waals surface area contributed by atoms with Crippen LogP contribution in [0, 0.1) is 0 Å². The molecule has 0 aliphatic carbocycles. The van der Waals surface area contributed by atoms with E-state index in [4.69, 9.17) is 9.47 Å². The van der Waals surface area contributed by atoms with Crippen LogP contribution in [-0.2, 0) is 19.3 Å². The van der Waals surface area contributed by atoms with E-state index in [0.29, 0.717) is 13.2 Å². The Balaban J connectivity index is 3.41. The first-order chi connectivity index (χ1) is 7.12. The number of ether oxygens (including phenoxy) is 2. The standard InChI is InChI=1S/C9H21NO4S/c1-13-6-3-4-10-5-8-15(11,12)9-7-14-2/h10H,3-9H2,1-2H3. The van der Waals surface area contributed by atoms with Crippen LogP contribution in [-0.4, -0.2) is 60.4 Å². The van der Waals surface area contributed by atoms with Gasteiger partial charge in [-0.15, -0.1) is 0 Å². The molecule has 0 rings (SSSR count). The molecule has 0 atom stereocenters. The highest BCUT2D eigenvalue weighted by Crippen LogP contribution is 1.89. The number of hydrogen-bond donors (Lipinski definition) is 1. The molecule has 0 aromatic carbocycles. The van der Waals surface area contributed by atoms with Gasteiger partial charge < -0.3 is 14.8 Å². The minimum absolute atomic E-state index is 0.100. The van der Waals surface area contributed by atoms with Crippen LogP contribution in [0.5, 0.6) is 0 Å². The molecule has 0 bridgehead atoms. The number of hydrogen-bond acceptors (Lipinski definition) is 5. The summed E-state index contributed by atoms with van der Waals surface area (Å²) in [5.41, 5.74) is 0. The molecule has 92 valence electrons. The fourth-order valence-corrected chi connectivity index (χ4v) is 2.09. The van der Waals surface area contributed by atoms with Crippen LogP contribution in [0.2, 0.25) is 0 Å². The van der Waals surface area contributed by atoms with Crippen molar-refractivity contribution in [2.75, 3.05) is 52.0 Å². The maximum atomic E-state index is 11.3. The lowest BCUT2D eigenvalue weighted by Crippen LogP contribution is -2.26. The fraction of sp³-hybridized carbons (Fsp3) is 1.00. The van der Waals surface area contributed by atoms with Gasteiger partial charge in [0.2, 0.25) is 0 Å². The second kappa shape index (κ2) is 9.08. The SMILES string of the molecule is COCCCNCCS(=O)(=O)CCOC. The van der Waals surface area contributed by atoms with Gasteiger partial charge in [-0.05, 0) is 13.0 Å². The molecular weight excluding hydrogens is 218 g/mol. The maximum Gasteiger partial charge on any atom is 0.153 e. The van der Waals surface area contributed by atoms with E-state index in [9.17, 15) is 8.42 Å². The quantitative estimate of drug-likeness (QED) is 0.529. The van der Waals surface area contributed by atoms with Crippen molar-refractivity contribution in [1.82, 2.24) is 5.32 Å². The summed E-state index contributed by atoms with van der Waals surface area (Å²) in [5, 5.41) is 3.05. The van der Waals surface area contributed by atoms with E-state index in [-0.39, 0.29) is 18.1 Å². The van der Waals surface area contributed by atoms with E-state index in [1.807, 2.05) is 0 Å². The molecule has 0 saturated carbocycles. The Hall–Kier alpha value is -0.170. The van der Waals surface area contributed by atoms with Crippen LogP contribution in [0.15, 0.2) is 0 Å². The molecule has 6 heteroatoms. The third kappa shape index (κ3) is 10.1. The molecule has 0 spiro atoms. The summed E-state index contributed by atoms with van der Waals surface area (Å²) >= 11 is 0. The normalized spacial score (nSPS) is 11.9. The Labute approximate surface area is 92.1 Å². The molecule has 1 N–H and O–H groups in total. The molecule has 0 fully saturated rings. The molecule has 0 amide bonds. The molecule has 0 radical (unpaired) electrons. The van der Waals surface area contributed by atoms with Crippen molar-refractivity contribution in [3.8, 4) is 0 Å². The van der Waals surface area contributed by atoms with Crippen molar-refractivity contribution >= 4 is 9.84 Å². The van der Waals surface area contributed by atoms with Crippen LogP contribution in [0.25, 0.3) is 0 Å². The summed E-state index contributed by atoms with van der Waals surface area (Å²) in [7, 11) is 0.191. The van der Waals surface area contributed by atoms with E-state index in [2.05, 4.69) is 5.32 Å². The molecule has 0 aliphatic heterocycles. The number of sulfone groups is 1. The van der Waals surface area contributed by atoms with Gasteiger partial charge in [-0.25, -0.2) is 8.42 Å². The zero-order chi connectivity index (χ0) is 11.6. The molecule has 5 nitrogen and oxygen atoms in total. The van der Waals surface area contributed by atoms with E-state index in [1.165, 1.54) is 7.11 Å².